The summed E-state index contributed by atoms with van der Waals surface area (Å²) < 4.78 is 0. The summed E-state index contributed by atoms with van der Waals surface area (Å²) in [5, 5.41) is 12.8. The number of aryl methyl sites for hydroxylation is 2. The van der Waals surface area contributed by atoms with Crippen LogP contribution in [0, 0.1) is 20.8 Å². The smallest absolute Gasteiger partial charge is 0.259 e. The highest BCUT2D eigenvalue weighted by atomic mass is 16.3. The predicted molar refractivity (Wildman–Crippen MR) is 81.1 cm³/mol. The molecule has 0 saturated heterocycles. The molecule has 0 bridgehead atoms. The first-order valence-corrected chi connectivity index (χ1v) is 6.37. The highest BCUT2D eigenvalue weighted by Gasteiger charge is 2.15. The number of carbonyl (C=O) groups excluding carboxylic acids is 1. The van der Waals surface area contributed by atoms with Crippen LogP contribution < -0.4 is 11.1 Å². The fourth-order valence-electron chi connectivity index (χ4n) is 2.08. The molecule has 0 aliphatic heterocycles. The second kappa shape index (κ2) is 5.25. The molecule has 0 atom stereocenters. The summed E-state index contributed by atoms with van der Waals surface area (Å²) in [5.41, 5.74) is 9.85. The maximum absolute atomic E-state index is 12.3. The van der Waals surface area contributed by atoms with Gasteiger partial charge in [0, 0.05) is 11.4 Å². The number of amides is 1. The maximum atomic E-state index is 12.3. The molecule has 2 rings (SSSR count). The third-order valence-electron chi connectivity index (χ3n) is 3.44. The molecule has 0 fully saturated rings. The average molecular weight is 270 g/mol. The molecule has 0 aliphatic carbocycles. The minimum absolute atomic E-state index is 0.00390. The molecule has 0 spiro atoms. The molecule has 0 aromatic heterocycles. The second-order valence-electron chi connectivity index (χ2n) is 4.90. The van der Waals surface area contributed by atoms with Crippen molar-refractivity contribution in [1.29, 1.82) is 0 Å². The van der Waals surface area contributed by atoms with Gasteiger partial charge in [0.05, 0.1) is 5.56 Å². The monoisotopic (exact) mass is 270 g/mol. The van der Waals surface area contributed by atoms with Crippen LogP contribution in [0.4, 0.5) is 11.4 Å². The van der Waals surface area contributed by atoms with Crippen LogP contribution in [0.15, 0.2) is 30.3 Å². The Morgan fingerprint density at radius 3 is 2.50 bits per heavy atom. The van der Waals surface area contributed by atoms with E-state index < -0.39 is 0 Å². The zero-order chi connectivity index (χ0) is 14.9. The number of nitrogens with one attached hydrogen (secondary N) is 1. The van der Waals surface area contributed by atoms with Gasteiger partial charge in [0.1, 0.15) is 5.75 Å². The Bertz CT molecular complexity index is 678. The molecule has 0 radical (unpaired) electrons. The molecule has 0 heterocycles. The first-order chi connectivity index (χ1) is 9.41. The maximum Gasteiger partial charge on any atom is 0.259 e. The highest BCUT2D eigenvalue weighted by molar-refractivity contribution is 6.07. The Morgan fingerprint density at radius 2 is 1.80 bits per heavy atom. The summed E-state index contributed by atoms with van der Waals surface area (Å²) in [6, 6.07) is 8.75. The van der Waals surface area contributed by atoms with Gasteiger partial charge in [0.2, 0.25) is 0 Å². The molecular weight excluding hydrogens is 252 g/mol. The van der Waals surface area contributed by atoms with Crippen LogP contribution in [0.25, 0.3) is 0 Å². The molecule has 0 unspecified atom stereocenters. The van der Waals surface area contributed by atoms with E-state index in [-0.39, 0.29) is 17.2 Å². The van der Waals surface area contributed by atoms with E-state index in [1.807, 2.05) is 26.0 Å². The van der Waals surface area contributed by atoms with E-state index in [1.165, 1.54) is 0 Å². The number of carbonyl (C=O) groups is 1. The number of para-hydroxylation sites is 1. The van der Waals surface area contributed by atoms with Crippen molar-refractivity contribution in [2.75, 3.05) is 11.1 Å². The number of nitrogens with two attached hydrogens (primary N) is 1. The van der Waals surface area contributed by atoms with Crippen molar-refractivity contribution in [3.05, 3.63) is 52.6 Å². The van der Waals surface area contributed by atoms with Crippen LogP contribution in [-0.2, 0) is 0 Å². The Hall–Kier alpha value is -2.49. The van der Waals surface area contributed by atoms with Crippen LogP contribution in [0.2, 0.25) is 0 Å². The van der Waals surface area contributed by atoms with Crippen LogP contribution in [-0.4, -0.2) is 11.0 Å². The first kappa shape index (κ1) is 13.9. The van der Waals surface area contributed by atoms with Crippen molar-refractivity contribution in [3.63, 3.8) is 0 Å². The lowest BCUT2D eigenvalue weighted by atomic mass is 10.1. The highest BCUT2D eigenvalue weighted by Crippen LogP contribution is 2.27. The van der Waals surface area contributed by atoms with Crippen molar-refractivity contribution < 1.29 is 9.90 Å². The third kappa shape index (κ3) is 2.45. The van der Waals surface area contributed by atoms with Crippen molar-refractivity contribution in [2.24, 2.45) is 0 Å². The summed E-state index contributed by atoms with van der Waals surface area (Å²) in [4.78, 5) is 12.3. The van der Waals surface area contributed by atoms with Crippen LogP contribution in [0.5, 0.6) is 5.75 Å². The molecule has 4 nitrogen and oxygen atoms in total. The molecule has 4 N–H and O–H groups in total. The number of benzene rings is 2. The third-order valence-corrected chi connectivity index (χ3v) is 3.44. The molecule has 104 valence electrons. The van der Waals surface area contributed by atoms with E-state index in [0.29, 0.717) is 16.9 Å². The standard InChI is InChI=1S/C16H18N2O2/c1-9-7-8-13(17)11(3)14(9)18-16(20)12-6-4-5-10(2)15(12)19/h4-8,19H,17H2,1-3H3,(H,18,20). The fraction of sp³-hybridized carbons (Fsp3) is 0.188. The first-order valence-electron chi connectivity index (χ1n) is 6.37. The Kier molecular flexibility index (Phi) is 3.66. The van der Waals surface area contributed by atoms with Gasteiger partial charge in [0.15, 0.2) is 0 Å². The van der Waals surface area contributed by atoms with E-state index in [1.54, 1.807) is 25.1 Å². The van der Waals surface area contributed by atoms with Crippen molar-refractivity contribution >= 4 is 17.3 Å². The van der Waals surface area contributed by atoms with Gasteiger partial charge in [0.25, 0.3) is 5.91 Å². The largest absolute Gasteiger partial charge is 0.507 e. The average Bonchev–Trinajstić information content (AvgIpc) is 2.42. The van der Waals surface area contributed by atoms with Gasteiger partial charge in [-0.25, -0.2) is 0 Å². The molecule has 0 aliphatic rings. The topological polar surface area (TPSA) is 75.4 Å². The van der Waals surface area contributed by atoms with E-state index >= 15 is 0 Å². The van der Waals surface area contributed by atoms with E-state index in [9.17, 15) is 9.90 Å². The Balaban J connectivity index is 2.38. The van der Waals surface area contributed by atoms with Gasteiger partial charge in [-0.15, -0.1) is 0 Å². The zero-order valence-corrected chi connectivity index (χ0v) is 11.8. The number of phenols is 1. The lowest BCUT2D eigenvalue weighted by Gasteiger charge is -2.14. The van der Waals surface area contributed by atoms with Crippen LogP contribution >= 0.6 is 0 Å². The quantitative estimate of drug-likeness (QED) is 0.734. The fourth-order valence-corrected chi connectivity index (χ4v) is 2.08. The minimum atomic E-state index is -0.344. The number of phenolic OH excluding ortho intramolecular Hbond substituents is 1. The number of hydrogen-bond donors (Lipinski definition) is 3. The summed E-state index contributed by atoms with van der Waals surface area (Å²) in [5.74, 6) is -0.341. The lowest BCUT2D eigenvalue weighted by Crippen LogP contribution is -2.14. The van der Waals surface area contributed by atoms with E-state index in [0.717, 1.165) is 11.1 Å². The van der Waals surface area contributed by atoms with Crippen LogP contribution in [0.3, 0.4) is 0 Å². The number of anilines is 2. The second-order valence-corrected chi connectivity index (χ2v) is 4.90. The molecule has 2 aromatic carbocycles. The summed E-state index contributed by atoms with van der Waals surface area (Å²) >= 11 is 0. The van der Waals surface area contributed by atoms with Crippen LogP contribution in [0.1, 0.15) is 27.0 Å². The van der Waals surface area contributed by atoms with Gasteiger partial charge in [-0.2, -0.15) is 0 Å². The number of hydrogen-bond acceptors (Lipinski definition) is 3. The zero-order valence-electron chi connectivity index (χ0n) is 11.8. The predicted octanol–water partition coefficient (Wildman–Crippen LogP) is 3.15. The Morgan fingerprint density at radius 1 is 1.10 bits per heavy atom. The number of nitrogen functional groups attached to an aromatic ring is 1. The molecule has 20 heavy (non-hydrogen) atoms. The minimum Gasteiger partial charge on any atom is -0.507 e. The normalized spacial score (nSPS) is 10.3. The van der Waals surface area contributed by atoms with Gasteiger partial charge in [-0.1, -0.05) is 18.2 Å². The summed E-state index contributed by atoms with van der Waals surface area (Å²) in [7, 11) is 0. The van der Waals surface area contributed by atoms with Gasteiger partial charge < -0.3 is 16.2 Å². The van der Waals surface area contributed by atoms with Crippen molar-refractivity contribution in [1.82, 2.24) is 0 Å². The van der Waals surface area contributed by atoms with Gasteiger partial charge in [-0.3, -0.25) is 4.79 Å². The van der Waals surface area contributed by atoms with Gasteiger partial charge >= 0.3 is 0 Å². The summed E-state index contributed by atoms with van der Waals surface area (Å²) in [6.45, 7) is 5.51. The Labute approximate surface area is 118 Å². The van der Waals surface area contributed by atoms with E-state index in [2.05, 4.69) is 5.32 Å². The lowest BCUT2D eigenvalue weighted by molar-refractivity contribution is 0.102. The molecule has 1 amide bonds. The number of rotatable bonds is 2. The van der Waals surface area contributed by atoms with Gasteiger partial charge in [-0.05, 0) is 49.6 Å². The molecule has 4 heteroatoms. The SMILES string of the molecule is Cc1cccc(C(=O)Nc2c(C)ccc(N)c2C)c1O. The molecule has 2 aromatic rings. The summed E-state index contributed by atoms with van der Waals surface area (Å²) in [6.07, 6.45) is 0. The molecular formula is C16H18N2O2. The molecule has 0 saturated carbocycles. The van der Waals surface area contributed by atoms with E-state index in [4.69, 9.17) is 5.73 Å². The van der Waals surface area contributed by atoms with Crippen molar-refractivity contribution in [2.45, 2.75) is 20.8 Å². The van der Waals surface area contributed by atoms with Crippen molar-refractivity contribution in [3.8, 4) is 5.75 Å². The number of aromatic hydroxyl groups is 1.